The second kappa shape index (κ2) is 4.99. The van der Waals surface area contributed by atoms with Crippen LogP contribution in [-0.2, 0) is 4.43 Å². The van der Waals surface area contributed by atoms with Gasteiger partial charge in [0.2, 0.25) is 9.04 Å². The third kappa shape index (κ3) is 2.29. The lowest BCUT2D eigenvalue weighted by atomic mass is 10.2. The molecule has 1 radical (unpaired) electrons. The van der Waals surface area contributed by atoms with Crippen LogP contribution in [0.1, 0.15) is 12.5 Å². The monoisotopic (exact) mass is 191 g/mol. The Morgan fingerprint density at radius 3 is 2.69 bits per heavy atom. The van der Waals surface area contributed by atoms with Crippen LogP contribution >= 0.6 is 0 Å². The number of hydrogen-bond donors (Lipinski definition) is 0. The minimum absolute atomic E-state index is 0.814. The van der Waals surface area contributed by atoms with E-state index in [-0.39, 0.29) is 0 Å². The maximum Gasteiger partial charge on any atom is 0.246 e. The van der Waals surface area contributed by atoms with Gasteiger partial charge < -0.3 is 4.43 Å². The molecule has 0 amide bonds. The summed E-state index contributed by atoms with van der Waals surface area (Å²) in [6.45, 7) is 5.97. The molecule has 0 saturated heterocycles. The van der Waals surface area contributed by atoms with Gasteiger partial charge in [0.15, 0.2) is 0 Å². The SMILES string of the molecule is C=Cc1ccccc1[Si](CC)OC. The number of benzene rings is 1. The molecule has 1 aromatic rings. The van der Waals surface area contributed by atoms with E-state index in [2.05, 4.69) is 31.7 Å². The summed E-state index contributed by atoms with van der Waals surface area (Å²) < 4.78 is 5.48. The van der Waals surface area contributed by atoms with Crippen molar-refractivity contribution in [1.82, 2.24) is 0 Å². The van der Waals surface area contributed by atoms with Crippen LogP contribution < -0.4 is 5.19 Å². The Morgan fingerprint density at radius 2 is 2.15 bits per heavy atom. The van der Waals surface area contributed by atoms with Crippen molar-refractivity contribution in [1.29, 1.82) is 0 Å². The molecule has 0 fully saturated rings. The molecule has 1 rings (SSSR count). The van der Waals surface area contributed by atoms with Gasteiger partial charge in [0, 0.05) is 7.11 Å². The lowest BCUT2D eigenvalue weighted by molar-refractivity contribution is 0.430. The molecule has 0 unspecified atom stereocenters. The number of rotatable bonds is 4. The second-order valence-electron chi connectivity index (χ2n) is 2.77. The molecule has 0 aromatic heterocycles. The van der Waals surface area contributed by atoms with Gasteiger partial charge in [-0.25, -0.2) is 0 Å². The van der Waals surface area contributed by atoms with Gasteiger partial charge in [-0.3, -0.25) is 0 Å². The molecule has 0 atom stereocenters. The van der Waals surface area contributed by atoms with Gasteiger partial charge in [-0.2, -0.15) is 0 Å². The molecule has 2 heteroatoms. The summed E-state index contributed by atoms with van der Waals surface area (Å²) in [6, 6.07) is 9.40. The van der Waals surface area contributed by atoms with E-state index in [1.807, 2.05) is 12.1 Å². The maximum absolute atomic E-state index is 5.48. The standard InChI is InChI=1S/C11H15OSi/c1-4-10-8-6-7-9-11(10)13(5-2)12-3/h4,6-9H,1,5H2,2-3H3. The van der Waals surface area contributed by atoms with E-state index in [4.69, 9.17) is 4.43 Å². The Bertz CT molecular complexity index is 279. The second-order valence-corrected chi connectivity index (χ2v) is 5.27. The summed E-state index contributed by atoms with van der Waals surface area (Å²) in [5, 5.41) is 1.33. The summed E-state index contributed by atoms with van der Waals surface area (Å²) in [5.41, 5.74) is 1.21. The topological polar surface area (TPSA) is 9.23 Å². The van der Waals surface area contributed by atoms with Crippen molar-refractivity contribution in [3.8, 4) is 0 Å². The minimum atomic E-state index is -0.814. The first kappa shape index (κ1) is 10.2. The van der Waals surface area contributed by atoms with Crippen LogP contribution in [0.2, 0.25) is 6.04 Å². The minimum Gasteiger partial charge on any atom is -0.415 e. The molecule has 0 aliphatic carbocycles. The van der Waals surface area contributed by atoms with Gasteiger partial charge in [-0.1, -0.05) is 43.8 Å². The first-order chi connectivity index (χ1) is 6.33. The summed E-state index contributed by atoms with van der Waals surface area (Å²) in [5.74, 6) is 0. The van der Waals surface area contributed by atoms with Gasteiger partial charge in [0.1, 0.15) is 0 Å². The third-order valence-electron chi connectivity index (χ3n) is 2.05. The molecule has 0 aliphatic heterocycles. The molecule has 69 valence electrons. The predicted molar refractivity (Wildman–Crippen MR) is 59.4 cm³/mol. The highest BCUT2D eigenvalue weighted by atomic mass is 28.3. The van der Waals surface area contributed by atoms with Gasteiger partial charge in [0.05, 0.1) is 0 Å². The van der Waals surface area contributed by atoms with E-state index in [1.54, 1.807) is 7.11 Å². The maximum atomic E-state index is 5.48. The summed E-state index contributed by atoms with van der Waals surface area (Å²) in [6.07, 6.45) is 1.90. The smallest absolute Gasteiger partial charge is 0.246 e. The van der Waals surface area contributed by atoms with Crippen molar-refractivity contribution in [3.05, 3.63) is 36.4 Å². The Kier molecular flexibility index (Phi) is 3.93. The molecule has 0 spiro atoms. The molecule has 0 N–H and O–H groups in total. The molecule has 1 aromatic carbocycles. The Hall–Kier alpha value is -0.863. The Labute approximate surface area is 81.8 Å². The lowest BCUT2D eigenvalue weighted by Crippen LogP contribution is -2.33. The summed E-state index contributed by atoms with van der Waals surface area (Å²) >= 11 is 0. The first-order valence-corrected chi connectivity index (χ1v) is 6.06. The molecule has 0 aliphatic rings. The van der Waals surface area contributed by atoms with Crippen LogP contribution in [0, 0.1) is 0 Å². The Morgan fingerprint density at radius 1 is 1.46 bits per heavy atom. The summed E-state index contributed by atoms with van der Waals surface area (Å²) in [4.78, 5) is 0. The van der Waals surface area contributed by atoms with E-state index >= 15 is 0 Å². The highest BCUT2D eigenvalue weighted by Crippen LogP contribution is 2.02. The van der Waals surface area contributed by atoms with E-state index in [9.17, 15) is 0 Å². The molecule has 13 heavy (non-hydrogen) atoms. The van der Waals surface area contributed by atoms with Crippen molar-refractivity contribution < 1.29 is 4.43 Å². The van der Waals surface area contributed by atoms with Crippen molar-refractivity contribution in [2.24, 2.45) is 0 Å². The number of hydrogen-bond acceptors (Lipinski definition) is 1. The molecule has 1 nitrogen and oxygen atoms in total. The van der Waals surface area contributed by atoms with Crippen LogP contribution in [0.3, 0.4) is 0 Å². The fourth-order valence-electron chi connectivity index (χ4n) is 1.37. The third-order valence-corrected chi connectivity index (χ3v) is 4.24. The van der Waals surface area contributed by atoms with E-state index in [0.717, 1.165) is 6.04 Å². The van der Waals surface area contributed by atoms with Crippen molar-refractivity contribution in [2.75, 3.05) is 7.11 Å². The van der Waals surface area contributed by atoms with Crippen LogP contribution in [0.4, 0.5) is 0 Å². The largest absolute Gasteiger partial charge is 0.415 e. The van der Waals surface area contributed by atoms with Crippen LogP contribution in [-0.4, -0.2) is 16.2 Å². The fraction of sp³-hybridized carbons (Fsp3) is 0.273. The Balaban J connectivity index is 3.03. The van der Waals surface area contributed by atoms with Crippen molar-refractivity contribution >= 4 is 20.3 Å². The zero-order valence-electron chi connectivity index (χ0n) is 8.21. The van der Waals surface area contributed by atoms with Gasteiger partial charge in [-0.15, -0.1) is 0 Å². The molecule has 0 heterocycles. The van der Waals surface area contributed by atoms with Crippen LogP contribution in [0.15, 0.2) is 30.8 Å². The molecule has 0 saturated carbocycles. The average Bonchev–Trinajstić information content (AvgIpc) is 2.20. The van der Waals surface area contributed by atoms with Crippen molar-refractivity contribution in [3.63, 3.8) is 0 Å². The summed E-state index contributed by atoms with van der Waals surface area (Å²) in [7, 11) is 0.975. The fourth-order valence-corrected chi connectivity index (χ4v) is 3.05. The van der Waals surface area contributed by atoms with E-state index < -0.39 is 9.04 Å². The molecule has 0 bridgehead atoms. The normalized spacial score (nSPS) is 10.4. The van der Waals surface area contributed by atoms with Gasteiger partial charge in [-0.05, 0) is 16.8 Å². The zero-order chi connectivity index (χ0) is 9.68. The van der Waals surface area contributed by atoms with E-state index in [1.165, 1.54) is 10.8 Å². The van der Waals surface area contributed by atoms with E-state index in [0.29, 0.717) is 0 Å². The molecular formula is C11H15OSi. The van der Waals surface area contributed by atoms with Crippen LogP contribution in [0.5, 0.6) is 0 Å². The van der Waals surface area contributed by atoms with Crippen molar-refractivity contribution in [2.45, 2.75) is 13.0 Å². The predicted octanol–water partition coefficient (Wildman–Crippen LogP) is 2.19. The van der Waals surface area contributed by atoms with Gasteiger partial charge >= 0.3 is 0 Å². The first-order valence-electron chi connectivity index (χ1n) is 4.45. The van der Waals surface area contributed by atoms with Gasteiger partial charge in [0.25, 0.3) is 0 Å². The van der Waals surface area contributed by atoms with Crippen LogP contribution in [0.25, 0.3) is 6.08 Å². The highest BCUT2D eigenvalue weighted by Gasteiger charge is 2.13. The molecular weight excluding hydrogens is 176 g/mol. The lowest BCUT2D eigenvalue weighted by Gasteiger charge is -2.12. The zero-order valence-corrected chi connectivity index (χ0v) is 9.21. The quantitative estimate of drug-likeness (QED) is 0.663. The highest BCUT2D eigenvalue weighted by molar-refractivity contribution is 6.68. The average molecular weight is 191 g/mol.